The second-order valence-electron chi connectivity index (χ2n) is 11.8. The molecule has 4 rings (SSSR count). The SMILES string of the molecule is Cc1ccc(CN(CCc2c[nH]c3ccccc23)C(=O)CN(C(C)C)S(=O)(=O)c2ccc(C(C)(C)C)cc2)cc1. The Bertz CT molecular complexity index is 1550. The van der Waals surface area contributed by atoms with Gasteiger partial charge in [-0.25, -0.2) is 8.42 Å². The molecule has 4 aromatic rings. The lowest BCUT2D eigenvalue weighted by molar-refractivity contribution is -0.132. The minimum Gasteiger partial charge on any atom is -0.361 e. The van der Waals surface area contributed by atoms with Crippen LogP contribution in [0.2, 0.25) is 0 Å². The van der Waals surface area contributed by atoms with Crippen LogP contribution in [0.1, 0.15) is 56.9 Å². The first-order chi connectivity index (χ1) is 18.9. The summed E-state index contributed by atoms with van der Waals surface area (Å²) < 4.78 is 28.8. The van der Waals surface area contributed by atoms with E-state index in [1.165, 1.54) is 4.31 Å². The second kappa shape index (κ2) is 12.0. The third-order valence-corrected chi connectivity index (χ3v) is 9.40. The molecule has 1 aromatic heterocycles. The van der Waals surface area contributed by atoms with Gasteiger partial charge in [0.1, 0.15) is 0 Å². The molecule has 0 aliphatic rings. The number of nitrogens with zero attached hydrogens (tertiary/aromatic N) is 2. The Morgan fingerprint density at radius 1 is 0.925 bits per heavy atom. The maximum absolute atomic E-state index is 13.8. The Morgan fingerprint density at radius 2 is 1.57 bits per heavy atom. The van der Waals surface area contributed by atoms with E-state index in [-0.39, 0.29) is 28.8 Å². The van der Waals surface area contributed by atoms with E-state index < -0.39 is 10.0 Å². The van der Waals surface area contributed by atoms with Gasteiger partial charge >= 0.3 is 0 Å². The maximum Gasteiger partial charge on any atom is 0.243 e. The van der Waals surface area contributed by atoms with Crippen molar-refractivity contribution in [1.29, 1.82) is 0 Å². The minimum atomic E-state index is -3.88. The van der Waals surface area contributed by atoms with E-state index in [0.717, 1.165) is 33.2 Å². The van der Waals surface area contributed by atoms with Gasteiger partial charge in [-0.3, -0.25) is 4.79 Å². The third kappa shape index (κ3) is 6.83. The molecule has 0 bridgehead atoms. The fraction of sp³-hybridized carbons (Fsp3) is 0.364. The average Bonchev–Trinajstić information content (AvgIpc) is 3.33. The summed E-state index contributed by atoms with van der Waals surface area (Å²) in [7, 11) is -3.88. The maximum atomic E-state index is 13.8. The number of aromatic nitrogens is 1. The molecule has 0 aliphatic carbocycles. The highest BCUT2D eigenvalue weighted by Gasteiger charge is 2.31. The zero-order chi connectivity index (χ0) is 29.1. The molecule has 0 saturated heterocycles. The van der Waals surface area contributed by atoms with Gasteiger partial charge < -0.3 is 9.88 Å². The number of H-pyrrole nitrogens is 1. The van der Waals surface area contributed by atoms with Crippen molar-refractivity contribution in [3.63, 3.8) is 0 Å². The van der Waals surface area contributed by atoms with Crippen LogP contribution in [0, 0.1) is 6.92 Å². The predicted octanol–water partition coefficient (Wildman–Crippen LogP) is 6.44. The molecule has 212 valence electrons. The van der Waals surface area contributed by atoms with Crippen molar-refractivity contribution < 1.29 is 13.2 Å². The molecule has 0 radical (unpaired) electrons. The van der Waals surface area contributed by atoms with Gasteiger partial charge in [-0.15, -0.1) is 0 Å². The quantitative estimate of drug-likeness (QED) is 0.243. The molecular weight excluding hydrogens is 518 g/mol. The average molecular weight is 560 g/mol. The highest BCUT2D eigenvalue weighted by Crippen LogP contribution is 2.26. The summed E-state index contributed by atoms with van der Waals surface area (Å²) in [6.45, 7) is 12.6. The fourth-order valence-electron chi connectivity index (χ4n) is 4.84. The number of aromatic amines is 1. The Hall–Kier alpha value is -3.42. The molecule has 0 fully saturated rings. The lowest BCUT2D eigenvalue weighted by Crippen LogP contribution is -2.46. The van der Waals surface area contributed by atoms with Crippen molar-refractivity contribution in [3.05, 3.63) is 101 Å². The van der Waals surface area contributed by atoms with Gasteiger partial charge in [0.2, 0.25) is 15.9 Å². The van der Waals surface area contributed by atoms with Gasteiger partial charge in [-0.05, 0) is 67.5 Å². The molecule has 3 aromatic carbocycles. The number of para-hydroxylation sites is 1. The Morgan fingerprint density at radius 3 is 2.20 bits per heavy atom. The highest BCUT2D eigenvalue weighted by molar-refractivity contribution is 7.89. The van der Waals surface area contributed by atoms with Crippen molar-refractivity contribution in [2.45, 2.75) is 70.9 Å². The summed E-state index contributed by atoms with van der Waals surface area (Å²) in [5.41, 5.74) is 5.31. The summed E-state index contributed by atoms with van der Waals surface area (Å²) in [5, 5.41) is 1.13. The molecule has 6 nitrogen and oxygen atoms in total. The van der Waals surface area contributed by atoms with Crippen LogP contribution in [0.25, 0.3) is 10.9 Å². The lowest BCUT2D eigenvalue weighted by Gasteiger charge is -2.30. The molecular formula is C33H41N3O3S. The van der Waals surface area contributed by atoms with E-state index in [9.17, 15) is 13.2 Å². The monoisotopic (exact) mass is 559 g/mol. The number of carbonyl (C=O) groups excluding carboxylic acids is 1. The highest BCUT2D eigenvalue weighted by atomic mass is 32.2. The largest absolute Gasteiger partial charge is 0.361 e. The molecule has 40 heavy (non-hydrogen) atoms. The number of carbonyl (C=O) groups is 1. The number of nitrogens with one attached hydrogen (secondary N) is 1. The van der Waals surface area contributed by atoms with Gasteiger partial charge in [0.15, 0.2) is 0 Å². The molecule has 0 saturated carbocycles. The third-order valence-electron chi connectivity index (χ3n) is 7.37. The van der Waals surface area contributed by atoms with Gasteiger partial charge in [-0.2, -0.15) is 4.31 Å². The number of hydrogen-bond acceptors (Lipinski definition) is 3. The van der Waals surface area contributed by atoms with Crippen LogP contribution in [-0.2, 0) is 33.2 Å². The first-order valence-electron chi connectivity index (χ1n) is 13.9. The standard InChI is InChI=1S/C33H41N3O3S/c1-24(2)36(40(38,39)29-17-15-28(16-18-29)33(4,5)6)23-32(37)35(22-26-13-11-25(3)12-14-26)20-19-27-21-34-31-10-8-7-9-30(27)31/h7-18,21,24,34H,19-20,22-23H2,1-6H3. The van der Waals surface area contributed by atoms with Crippen LogP contribution in [0.3, 0.4) is 0 Å². The number of benzene rings is 3. The summed E-state index contributed by atoms with van der Waals surface area (Å²) in [6.07, 6.45) is 2.65. The summed E-state index contributed by atoms with van der Waals surface area (Å²) in [6, 6.07) is 22.9. The summed E-state index contributed by atoms with van der Waals surface area (Å²) in [4.78, 5) is 19.1. The number of hydrogen-bond donors (Lipinski definition) is 1. The molecule has 1 heterocycles. The van der Waals surface area contributed by atoms with Crippen molar-refractivity contribution >= 4 is 26.8 Å². The van der Waals surface area contributed by atoms with Gasteiger partial charge in [-0.1, -0.05) is 80.9 Å². The molecule has 0 spiro atoms. The Kier molecular flexibility index (Phi) is 8.86. The molecule has 1 amide bonds. The smallest absolute Gasteiger partial charge is 0.243 e. The molecule has 0 atom stereocenters. The topological polar surface area (TPSA) is 73.5 Å². The van der Waals surface area contributed by atoms with Crippen molar-refractivity contribution in [1.82, 2.24) is 14.2 Å². The van der Waals surface area contributed by atoms with E-state index >= 15 is 0 Å². The zero-order valence-corrected chi connectivity index (χ0v) is 25.3. The molecule has 0 aliphatic heterocycles. The number of amides is 1. The van der Waals surface area contributed by atoms with Gasteiger partial charge in [0.05, 0.1) is 11.4 Å². The van der Waals surface area contributed by atoms with E-state index in [2.05, 4.69) is 31.8 Å². The number of aryl methyl sites for hydroxylation is 1. The van der Waals surface area contributed by atoms with Crippen molar-refractivity contribution in [3.8, 4) is 0 Å². The van der Waals surface area contributed by atoms with Crippen LogP contribution in [-0.4, -0.2) is 47.6 Å². The first-order valence-corrected chi connectivity index (χ1v) is 15.3. The predicted molar refractivity (Wildman–Crippen MR) is 163 cm³/mol. The number of rotatable bonds is 10. The first kappa shape index (κ1) is 29.6. The van der Waals surface area contributed by atoms with E-state index in [0.29, 0.717) is 19.5 Å². The van der Waals surface area contributed by atoms with Crippen LogP contribution in [0.15, 0.2) is 83.9 Å². The number of fused-ring (bicyclic) bond motifs is 1. The summed E-state index contributed by atoms with van der Waals surface area (Å²) >= 11 is 0. The van der Waals surface area contributed by atoms with Crippen molar-refractivity contribution in [2.24, 2.45) is 0 Å². The van der Waals surface area contributed by atoms with Gasteiger partial charge in [0, 0.05) is 36.2 Å². The Labute approximate surface area is 239 Å². The molecule has 0 unspecified atom stereocenters. The van der Waals surface area contributed by atoms with E-state index in [1.54, 1.807) is 17.0 Å². The zero-order valence-electron chi connectivity index (χ0n) is 24.4. The van der Waals surface area contributed by atoms with Gasteiger partial charge in [0.25, 0.3) is 0 Å². The fourth-order valence-corrected chi connectivity index (χ4v) is 6.43. The van der Waals surface area contributed by atoms with E-state index in [4.69, 9.17) is 0 Å². The summed E-state index contributed by atoms with van der Waals surface area (Å²) in [5.74, 6) is -0.219. The van der Waals surface area contributed by atoms with E-state index in [1.807, 2.05) is 81.6 Å². The number of sulfonamides is 1. The van der Waals surface area contributed by atoms with Crippen LogP contribution < -0.4 is 0 Å². The van der Waals surface area contributed by atoms with Crippen molar-refractivity contribution in [2.75, 3.05) is 13.1 Å². The normalized spacial score (nSPS) is 12.4. The van der Waals surface area contributed by atoms with Crippen LogP contribution >= 0.6 is 0 Å². The lowest BCUT2D eigenvalue weighted by atomic mass is 9.87. The second-order valence-corrected chi connectivity index (χ2v) is 13.7. The molecule has 1 N–H and O–H groups in total. The van der Waals surface area contributed by atoms with Crippen LogP contribution in [0.4, 0.5) is 0 Å². The van der Waals surface area contributed by atoms with Crippen LogP contribution in [0.5, 0.6) is 0 Å². The Balaban J connectivity index is 1.58. The molecule has 7 heteroatoms. The minimum absolute atomic E-state index is 0.0860.